The number of amides is 1. The lowest BCUT2D eigenvalue weighted by atomic mass is 9.92. The molecule has 1 N–H and O–H groups in total. The smallest absolute Gasteiger partial charge is 0.229 e. The van der Waals surface area contributed by atoms with Gasteiger partial charge in [0.15, 0.2) is 0 Å². The van der Waals surface area contributed by atoms with Crippen LogP contribution in [-0.2, 0) is 4.79 Å². The highest BCUT2D eigenvalue weighted by Gasteiger charge is 2.30. The molecular weight excluding hydrogens is 274 g/mol. The quantitative estimate of drug-likeness (QED) is 0.789. The topological polar surface area (TPSA) is 46.4 Å². The van der Waals surface area contributed by atoms with Gasteiger partial charge in [-0.1, -0.05) is 36.4 Å². The van der Waals surface area contributed by atoms with E-state index in [0.29, 0.717) is 0 Å². The van der Waals surface area contributed by atoms with Gasteiger partial charge in [0.05, 0.1) is 17.3 Å². The van der Waals surface area contributed by atoms with Crippen molar-refractivity contribution in [1.29, 1.82) is 0 Å². The number of nitrogens with one attached hydrogen (secondary N) is 1. The van der Waals surface area contributed by atoms with Crippen LogP contribution in [0, 0.1) is 0 Å². The third kappa shape index (κ3) is 2.08. The molecule has 1 aliphatic heterocycles. The predicted molar refractivity (Wildman–Crippen MR) is 85.6 cm³/mol. The third-order valence-electron chi connectivity index (χ3n) is 4.23. The highest BCUT2D eigenvalue weighted by molar-refractivity contribution is 5.86. The minimum absolute atomic E-state index is 0.106. The molecule has 1 atom stereocenters. The Labute approximate surface area is 128 Å². The fraction of sp³-hybridized carbons (Fsp3) is 0.222. The van der Waals surface area contributed by atoms with E-state index < -0.39 is 0 Å². The fourth-order valence-electron chi connectivity index (χ4n) is 3.19. The van der Waals surface area contributed by atoms with Gasteiger partial charge >= 0.3 is 0 Å². The Bertz CT molecular complexity index is 823. The normalized spacial score (nSPS) is 18.4. The lowest BCUT2D eigenvalue weighted by Crippen LogP contribution is -2.35. The van der Waals surface area contributed by atoms with E-state index >= 15 is 0 Å². The lowest BCUT2D eigenvalue weighted by Gasteiger charge is -2.22. The largest absolute Gasteiger partial charge is 0.356 e. The van der Waals surface area contributed by atoms with Gasteiger partial charge in [0.25, 0.3) is 0 Å². The zero-order chi connectivity index (χ0) is 14.9. The number of benzene rings is 1. The van der Waals surface area contributed by atoms with Crippen LogP contribution in [0.2, 0.25) is 0 Å². The molecule has 1 unspecified atom stereocenters. The van der Waals surface area contributed by atoms with Gasteiger partial charge in [-0.05, 0) is 25.0 Å². The van der Waals surface area contributed by atoms with Crippen molar-refractivity contribution in [3.8, 4) is 11.3 Å². The summed E-state index contributed by atoms with van der Waals surface area (Å²) >= 11 is 0. The monoisotopic (exact) mass is 291 g/mol. The van der Waals surface area contributed by atoms with Gasteiger partial charge < -0.3 is 9.72 Å². The Morgan fingerprint density at radius 3 is 2.73 bits per heavy atom. The minimum atomic E-state index is -0.138. The van der Waals surface area contributed by atoms with Crippen molar-refractivity contribution in [3.05, 3.63) is 60.4 Å². The Kier molecular flexibility index (Phi) is 3.15. The summed E-state index contributed by atoms with van der Waals surface area (Å²) in [5.74, 6) is -0.0320. The fourth-order valence-corrected chi connectivity index (χ4v) is 3.19. The van der Waals surface area contributed by atoms with Gasteiger partial charge in [0, 0.05) is 18.3 Å². The molecule has 4 heteroatoms. The van der Waals surface area contributed by atoms with E-state index in [2.05, 4.69) is 9.72 Å². The van der Waals surface area contributed by atoms with Crippen LogP contribution in [0.5, 0.6) is 0 Å². The molecular formula is C18H17N3O. The van der Waals surface area contributed by atoms with E-state index in [9.17, 15) is 4.79 Å². The van der Waals surface area contributed by atoms with Crippen LogP contribution in [0.25, 0.3) is 16.9 Å². The minimum Gasteiger partial charge on any atom is -0.356 e. The average molecular weight is 291 g/mol. The zero-order valence-electron chi connectivity index (χ0n) is 12.2. The average Bonchev–Trinajstić information content (AvgIpc) is 2.95. The molecule has 1 saturated heterocycles. The summed E-state index contributed by atoms with van der Waals surface area (Å²) in [4.78, 5) is 17.1. The second kappa shape index (κ2) is 5.30. The van der Waals surface area contributed by atoms with E-state index in [-0.39, 0.29) is 11.8 Å². The van der Waals surface area contributed by atoms with Crippen molar-refractivity contribution in [2.75, 3.05) is 6.54 Å². The van der Waals surface area contributed by atoms with Gasteiger partial charge in [-0.2, -0.15) is 0 Å². The molecule has 1 amide bonds. The van der Waals surface area contributed by atoms with Crippen LogP contribution in [-0.4, -0.2) is 21.8 Å². The van der Waals surface area contributed by atoms with Crippen LogP contribution in [0.15, 0.2) is 54.7 Å². The van der Waals surface area contributed by atoms with E-state index in [1.165, 1.54) is 0 Å². The SMILES string of the molecule is O=C1NCCCC1c1c(-c2ccccc2)nc2ccccn12. The molecule has 110 valence electrons. The summed E-state index contributed by atoms with van der Waals surface area (Å²) < 4.78 is 2.05. The summed E-state index contributed by atoms with van der Waals surface area (Å²) in [5.41, 5.74) is 3.85. The Balaban J connectivity index is 1.96. The van der Waals surface area contributed by atoms with E-state index in [1.54, 1.807) is 0 Å². The molecule has 0 bridgehead atoms. The summed E-state index contributed by atoms with van der Waals surface area (Å²) in [6.45, 7) is 0.771. The number of carbonyl (C=O) groups is 1. The number of piperidine rings is 1. The molecule has 3 heterocycles. The Morgan fingerprint density at radius 1 is 1.09 bits per heavy atom. The maximum absolute atomic E-state index is 12.4. The predicted octanol–water partition coefficient (Wildman–Crippen LogP) is 2.99. The zero-order valence-corrected chi connectivity index (χ0v) is 12.2. The summed E-state index contributed by atoms with van der Waals surface area (Å²) in [7, 11) is 0. The molecule has 0 aliphatic carbocycles. The first kappa shape index (κ1) is 13.1. The first-order valence-electron chi connectivity index (χ1n) is 7.65. The van der Waals surface area contributed by atoms with Gasteiger partial charge in [0.1, 0.15) is 5.65 Å². The van der Waals surface area contributed by atoms with Gasteiger partial charge in [-0.15, -0.1) is 0 Å². The molecule has 3 aromatic rings. The van der Waals surface area contributed by atoms with Crippen molar-refractivity contribution in [3.63, 3.8) is 0 Å². The number of nitrogens with zero attached hydrogens (tertiary/aromatic N) is 2. The van der Waals surface area contributed by atoms with E-state index in [4.69, 9.17) is 4.98 Å². The Morgan fingerprint density at radius 2 is 1.91 bits per heavy atom. The second-order valence-corrected chi connectivity index (χ2v) is 5.63. The summed E-state index contributed by atoms with van der Waals surface area (Å²) in [5, 5.41) is 2.98. The van der Waals surface area contributed by atoms with Crippen LogP contribution < -0.4 is 5.32 Å². The van der Waals surface area contributed by atoms with Crippen LogP contribution in [0.4, 0.5) is 0 Å². The van der Waals surface area contributed by atoms with Crippen molar-refractivity contribution < 1.29 is 4.79 Å². The van der Waals surface area contributed by atoms with Crippen molar-refractivity contribution in [2.24, 2.45) is 0 Å². The van der Waals surface area contributed by atoms with Crippen molar-refractivity contribution in [1.82, 2.24) is 14.7 Å². The number of hydrogen-bond acceptors (Lipinski definition) is 2. The number of hydrogen-bond donors (Lipinski definition) is 1. The third-order valence-corrected chi connectivity index (χ3v) is 4.23. The van der Waals surface area contributed by atoms with Crippen LogP contribution in [0.3, 0.4) is 0 Å². The van der Waals surface area contributed by atoms with Gasteiger partial charge in [-0.3, -0.25) is 4.79 Å². The first-order valence-corrected chi connectivity index (χ1v) is 7.65. The second-order valence-electron chi connectivity index (χ2n) is 5.63. The van der Waals surface area contributed by atoms with Crippen molar-refractivity contribution in [2.45, 2.75) is 18.8 Å². The van der Waals surface area contributed by atoms with E-state index in [0.717, 1.165) is 42.0 Å². The number of carbonyl (C=O) groups excluding carboxylic acids is 1. The van der Waals surface area contributed by atoms with Gasteiger partial charge in [-0.25, -0.2) is 4.98 Å². The van der Waals surface area contributed by atoms with Gasteiger partial charge in [0.2, 0.25) is 5.91 Å². The maximum atomic E-state index is 12.4. The molecule has 22 heavy (non-hydrogen) atoms. The lowest BCUT2D eigenvalue weighted by molar-refractivity contribution is -0.123. The standard InChI is InChI=1S/C18H17N3O/c22-18-14(9-6-11-19-18)17-16(13-7-2-1-3-8-13)20-15-10-4-5-12-21(15)17/h1-5,7-8,10,12,14H,6,9,11H2,(H,19,22). The molecule has 4 nitrogen and oxygen atoms in total. The highest BCUT2D eigenvalue weighted by Crippen LogP contribution is 2.33. The van der Waals surface area contributed by atoms with Crippen LogP contribution >= 0.6 is 0 Å². The number of fused-ring (bicyclic) bond motifs is 1. The molecule has 1 aromatic carbocycles. The highest BCUT2D eigenvalue weighted by atomic mass is 16.1. The molecule has 0 radical (unpaired) electrons. The number of aromatic nitrogens is 2. The molecule has 1 fully saturated rings. The summed E-state index contributed by atoms with van der Waals surface area (Å²) in [6, 6.07) is 16.0. The molecule has 0 spiro atoms. The first-order chi connectivity index (χ1) is 10.8. The van der Waals surface area contributed by atoms with E-state index in [1.807, 2.05) is 54.7 Å². The number of pyridine rings is 1. The van der Waals surface area contributed by atoms with Crippen molar-refractivity contribution >= 4 is 11.6 Å². The maximum Gasteiger partial charge on any atom is 0.229 e. The molecule has 1 aliphatic rings. The molecule has 4 rings (SSSR count). The number of imidazole rings is 1. The molecule has 2 aromatic heterocycles. The molecule has 0 saturated carbocycles. The summed E-state index contributed by atoms with van der Waals surface area (Å²) in [6.07, 6.45) is 3.87. The van der Waals surface area contributed by atoms with Crippen LogP contribution in [0.1, 0.15) is 24.5 Å². The number of rotatable bonds is 2. The Hall–Kier alpha value is -2.62.